The number of amides is 1. The van der Waals surface area contributed by atoms with Crippen LogP contribution < -0.4 is 5.43 Å². The number of hydrogen-bond acceptors (Lipinski definition) is 5. The van der Waals surface area contributed by atoms with E-state index in [1.807, 2.05) is 6.08 Å². The lowest BCUT2D eigenvalue weighted by atomic mass is 10.2. The molecule has 21 heavy (non-hydrogen) atoms. The highest BCUT2D eigenvalue weighted by Gasteiger charge is 2.08. The number of nitro groups is 1. The third-order valence-corrected chi connectivity index (χ3v) is 2.87. The zero-order chi connectivity index (χ0) is 15.1. The van der Waals surface area contributed by atoms with E-state index in [4.69, 9.17) is 4.74 Å². The van der Waals surface area contributed by atoms with Crippen molar-refractivity contribution in [3.63, 3.8) is 0 Å². The van der Waals surface area contributed by atoms with Crippen molar-refractivity contribution in [2.45, 2.75) is 19.3 Å². The van der Waals surface area contributed by atoms with Crippen molar-refractivity contribution in [1.82, 2.24) is 5.43 Å². The minimum Gasteiger partial charge on any atom is -0.488 e. The molecule has 1 aliphatic rings. The molecule has 0 heterocycles. The fraction of sp³-hybridized carbons (Fsp3) is 0.286. The van der Waals surface area contributed by atoms with E-state index < -0.39 is 4.92 Å². The molecule has 0 radical (unpaired) electrons. The Morgan fingerprint density at radius 1 is 1.52 bits per heavy atom. The van der Waals surface area contributed by atoms with Crippen LogP contribution in [-0.2, 0) is 9.53 Å². The number of ether oxygens (including phenoxy) is 1. The Labute approximate surface area is 121 Å². The number of nitrogens with zero attached hydrogens (tertiary/aromatic N) is 2. The Hall–Kier alpha value is -2.70. The lowest BCUT2D eigenvalue weighted by molar-refractivity contribution is -0.384. The minimum atomic E-state index is -0.487. The molecule has 7 nitrogen and oxygen atoms in total. The van der Waals surface area contributed by atoms with Gasteiger partial charge in [-0.2, -0.15) is 5.10 Å². The van der Waals surface area contributed by atoms with E-state index in [1.54, 1.807) is 12.1 Å². The van der Waals surface area contributed by atoms with E-state index in [2.05, 4.69) is 10.5 Å². The van der Waals surface area contributed by atoms with Crippen molar-refractivity contribution < 1.29 is 14.5 Å². The second-order valence-electron chi connectivity index (χ2n) is 4.50. The molecule has 0 aromatic heterocycles. The number of allylic oxidation sites excluding steroid dienone is 2. The average molecular weight is 289 g/mol. The second kappa shape index (κ2) is 7.18. The van der Waals surface area contributed by atoms with Crippen LogP contribution in [0.1, 0.15) is 24.8 Å². The smallest absolute Gasteiger partial charge is 0.277 e. The fourth-order valence-electron chi connectivity index (χ4n) is 1.86. The molecule has 0 bridgehead atoms. The molecule has 2 rings (SSSR count). The SMILES string of the molecule is O=C(COC1=CCCC1)N/N=C/c1cccc([N+](=O)[O-])c1. The summed E-state index contributed by atoms with van der Waals surface area (Å²) >= 11 is 0. The molecule has 1 aromatic rings. The number of hydrazone groups is 1. The monoisotopic (exact) mass is 289 g/mol. The average Bonchev–Trinajstić information content (AvgIpc) is 2.99. The molecule has 0 aliphatic heterocycles. The lowest BCUT2D eigenvalue weighted by Gasteiger charge is -2.04. The van der Waals surface area contributed by atoms with Gasteiger partial charge in [-0.25, -0.2) is 5.43 Å². The number of nitrogens with one attached hydrogen (secondary N) is 1. The van der Waals surface area contributed by atoms with Gasteiger partial charge in [0, 0.05) is 24.1 Å². The number of benzene rings is 1. The first-order valence-corrected chi connectivity index (χ1v) is 6.53. The summed E-state index contributed by atoms with van der Waals surface area (Å²) in [7, 11) is 0. The first-order chi connectivity index (χ1) is 10.1. The molecule has 0 saturated carbocycles. The van der Waals surface area contributed by atoms with Crippen LogP contribution in [0.2, 0.25) is 0 Å². The first-order valence-electron chi connectivity index (χ1n) is 6.53. The number of carbonyl (C=O) groups excluding carboxylic acids is 1. The zero-order valence-corrected chi connectivity index (χ0v) is 11.3. The third kappa shape index (κ3) is 4.72. The Kier molecular flexibility index (Phi) is 5.03. The quantitative estimate of drug-likeness (QED) is 0.493. The van der Waals surface area contributed by atoms with Crippen molar-refractivity contribution in [1.29, 1.82) is 0 Å². The lowest BCUT2D eigenvalue weighted by Crippen LogP contribution is -2.22. The van der Waals surface area contributed by atoms with E-state index in [9.17, 15) is 14.9 Å². The van der Waals surface area contributed by atoms with Crippen LogP contribution in [0, 0.1) is 10.1 Å². The number of carbonyl (C=O) groups is 1. The summed E-state index contributed by atoms with van der Waals surface area (Å²) in [6.45, 7) is -0.0852. The van der Waals surface area contributed by atoms with E-state index in [-0.39, 0.29) is 18.2 Å². The Morgan fingerprint density at radius 2 is 2.38 bits per heavy atom. The molecule has 0 fully saturated rings. The number of nitro benzene ring substituents is 1. The second-order valence-corrected chi connectivity index (χ2v) is 4.50. The molecule has 0 spiro atoms. The predicted octanol–water partition coefficient (Wildman–Crippen LogP) is 2.13. The molecule has 110 valence electrons. The molecule has 0 saturated heterocycles. The molecule has 7 heteroatoms. The van der Waals surface area contributed by atoms with Crippen molar-refractivity contribution >= 4 is 17.8 Å². The first kappa shape index (κ1) is 14.7. The van der Waals surface area contributed by atoms with Gasteiger partial charge in [-0.3, -0.25) is 14.9 Å². The van der Waals surface area contributed by atoms with Gasteiger partial charge in [0.05, 0.1) is 16.9 Å². The minimum absolute atomic E-state index is 0.0261. The van der Waals surface area contributed by atoms with E-state index in [0.29, 0.717) is 5.56 Å². The predicted molar refractivity (Wildman–Crippen MR) is 76.7 cm³/mol. The normalized spacial score (nSPS) is 14.0. The van der Waals surface area contributed by atoms with Gasteiger partial charge < -0.3 is 4.74 Å². The third-order valence-electron chi connectivity index (χ3n) is 2.87. The van der Waals surface area contributed by atoms with Crippen LogP contribution in [0.5, 0.6) is 0 Å². The van der Waals surface area contributed by atoms with Crippen LogP contribution in [0.3, 0.4) is 0 Å². The summed E-state index contributed by atoms with van der Waals surface area (Å²) in [4.78, 5) is 21.6. The summed E-state index contributed by atoms with van der Waals surface area (Å²) in [5.74, 6) is 0.470. The van der Waals surface area contributed by atoms with Crippen LogP contribution in [0.15, 0.2) is 41.2 Å². The van der Waals surface area contributed by atoms with Gasteiger partial charge in [0.25, 0.3) is 11.6 Å². The fourth-order valence-corrected chi connectivity index (χ4v) is 1.86. The van der Waals surface area contributed by atoms with Crippen molar-refractivity contribution in [3.05, 3.63) is 51.8 Å². The molecule has 0 atom stereocenters. The molecule has 1 aliphatic carbocycles. The van der Waals surface area contributed by atoms with E-state index in [1.165, 1.54) is 18.3 Å². The van der Waals surface area contributed by atoms with Gasteiger partial charge in [0.1, 0.15) is 0 Å². The summed E-state index contributed by atoms with van der Waals surface area (Å²) < 4.78 is 5.30. The molecular formula is C14H15N3O4. The van der Waals surface area contributed by atoms with Crippen molar-refractivity contribution in [3.8, 4) is 0 Å². The highest BCUT2D eigenvalue weighted by molar-refractivity contribution is 5.83. The van der Waals surface area contributed by atoms with Gasteiger partial charge in [0.2, 0.25) is 0 Å². The maximum atomic E-state index is 11.5. The van der Waals surface area contributed by atoms with Crippen molar-refractivity contribution in [2.75, 3.05) is 6.61 Å². The molecule has 1 N–H and O–H groups in total. The standard InChI is InChI=1S/C14H15N3O4/c18-14(10-21-13-6-1-2-7-13)16-15-9-11-4-3-5-12(8-11)17(19)20/h3-6,8-9H,1-2,7,10H2,(H,16,18)/b15-9+. The number of hydrogen-bond donors (Lipinski definition) is 1. The van der Waals surface area contributed by atoms with E-state index in [0.717, 1.165) is 25.0 Å². The summed E-state index contributed by atoms with van der Waals surface area (Å²) in [5.41, 5.74) is 2.82. The maximum Gasteiger partial charge on any atom is 0.277 e. The zero-order valence-electron chi connectivity index (χ0n) is 11.3. The van der Waals surface area contributed by atoms with Crippen LogP contribution in [0.25, 0.3) is 0 Å². The van der Waals surface area contributed by atoms with Crippen LogP contribution >= 0.6 is 0 Å². The number of rotatable bonds is 6. The number of non-ortho nitro benzene ring substituents is 1. The summed E-state index contributed by atoms with van der Waals surface area (Å²) in [6.07, 6.45) is 6.23. The molecule has 1 aromatic carbocycles. The van der Waals surface area contributed by atoms with Gasteiger partial charge in [0.15, 0.2) is 6.61 Å². The molecule has 0 unspecified atom stereocenters. The topological polar surface area (TPSA) is 93.8 Å². The summed E-state index contributed by atoms with van der Waals surface area (Å²) in [6, 6.07) is 5.97. The Morgan fingerprint density at radius 3 is 3.10 bits per heavy atom. The van der Waals surface area contributed by atoms with Crippen LogP contribution in [-0.4, -0.2) is 23.7 Å². The molecule has 1 amide bonds. The molecular weight excluding hydrogens is 274 g/mol. The highest BCUT2D eigenvalue weighted by Crippen LogP contribution is 2.17. The van der Waals surface area contributed by atoms with Gasteiger partial charge in [-0.05, 0) is 18.9 Å². The van der Waals surface area contributed by atoms with E-state index >= 15 is 0 Å². The van der Waals surface area contributed by atoms with Crippen molar-refractivity contribution in [2.24, 2.45) is 5.10 Å². The Bertz CT molecular complexity index is 596. The van der Waals surface area contributed by atoms with Crippen LogP contribution in [0.4, 0.5) is 5.69 Å². The van der Waals surface area contributed by atoms with Gasteiger partial charge in [-0.1, -0.05) is 12.1 Å². The largest absolute Gasteiger partial charge is 0.488 e. The Balaban J connectivity index is 1.80. The maximum absolute atomic E-state index is 11.5. The van der Waals surface area contributed by atoms with Gasteiger partial charge >= 0.3 is 0 Å². The highest BCUT2D eigenvalue weighted by atomic mass is 16.6. The summed E-state index contributed by atoms with van der Waals surface area (Å²) in [5, 5.41) is 14.4. The van der Waals surface area contributed by atoms with Gasteiger partial charge in [-0.15, -0.1) is 0 Å².